The third-order valence-electron chi connectivity index (χ3n) is 2.33. The molecule has 58 valence electrons. The maximum atomic E-state index is 8.43. The lowest BCUT2D eigenvalue weighted by Crippen LogP contribution is -2.37. The smallest absolute Gasteiger partial charge is 0.193 e. The van der Waals surface area contributed by atoms with Crippen LogP contribution in [0.3, 0.4) is 0 Å². The molecule has 0 aromatic carbocycles. The Morgan fingerprint density at radius 1 is 1.36 bits per heavy atom. The third kappa shape index (κ3) is 1.24. The van der Waals surface area contributed by atoms with Crippen LogP contribution in [0, 0.1) is 11.3 Å². The van der Waals surface area contributed by atoms with Gasteiger partial charge in [-0.25, -0.2) is 0 Å². The molecule has 0 aromatic heterocycles. The van der Waals surface area contributed by atoms with Gasteiger partial charge in [-0.3, -0.25) is 4.90 Å². The molecular formula is C7H10N4. The maximum absolute atomic E-state index is 8.43. The molecule has 0 saturated carbocycles. The zero-order valence-corrected chi connectivity index (χ0v) is 6.32. The van der Waals surface area contributed by atoms with Crippen molar-refractivity contribution in [2.75, 3.05) is 19.6 Å². The molecule has 2 aliphatic heterocycles. The lowest BCUT2D eigenvalue weighted by molar-refractivity contribution is 0.218. The molecule has 0 radical (unpaired) electrons. The molecule has 0 unspecified atom stereocenters. The number of piperidine rings is 1. The summed E-state index contributed by atoms with van der Waals surface area (Å²) in [7, 11) is 0. The van der Waals surface area contributed by atoms with Gasteiger partial charge in [0.1, 0.15) is 0 Å². The number of hydrogen-bond acceptors (Lipinski definition) is 4. The molecule has 11 heavy (non-hydrogen) atoms. The maximum Gasteiger partial charge on any atom is 0.193 e. The summed E-state index contributed by atoms with van der Waals surface area (Å²) >= 11 is 0. The minimum absolute atomic E-state index is 0.00591. The van der Waals surface area contributed by atoms with Crippen LogP contribution in [0.15, 0.2) is 10.2 Å². The van der Waals surface area contributed by atoms with Crippen LogP contribution < -0.4 is 0 Å². The highest BCUT2D eigenvalue weighted by Gasteiger charge is 2.42. The number of hydrogen-bond donors (Lipinski definition) is 0. The van der Waals surface area contributed by atoms with Crippen LogP contribution >= 0.6 is 0 Å². The average Bonchev–Trinajstić information content (AvgIpc) is 2.76. The Morgan fingerprint density at radius 2 is 2.00 bits per heavy atom. The molecule has 0 bridgehead atoms. The first kappa shape index (κ1) is 6.74. The molecule has 0 amide bonds. The van der Waals surface area contributed by atoms with Crippen molar-refractivity contribution in [2.24, 2.45) is 10.2 Å². The molecule has 2 rings (SSSR count). The lowest BCUT2D eigenvalue weighted by Gasteiger charge is -2.26. The summed E-state index contributed by atoms with van der Waals surface area (Å²) in [5.74, 6) is 0. The molecular weight excluding hydrogens is 140 g/mol. The van der Waals surface area contributed by atoms with Crippen molar-refractivity contribution < 1.29 is 0 Å². The zero-order valence-electron chi connectivity index (χ0n) is 6.32. The highest BCUT2D eigenvalue weighted by atomic mass is 15.4. The molecule has 0 atom stereocenters. The second kappa shape index (κ2) is 2.28. The van der Waals surface area contributed by atoms with Crippen molar-refractivity contribution in [3.63, 3.8) is 0 Å². The Labute approximate surface area is 65.5 Å². The van der Waals surface area contributed by atoms with E-state index in [4.69, 9.17) is 5.26 Å². The molecule has 1 saturated heterocycles. The summed E-state index contributed by atoms with van der Waals surface area (Å²) in [4.78, 5) is 2.15. The van der Waals surface area contributed by atoms with E-state index in [1.807, 2.05) is 0 Å². The van der Waals surface area contributed by atoms with Crippen molar-refractivity contribution >= 4 is 0 Å². The minimum atomic E-state index is 0.00591. The van der Waals surface area contributed by atoms with Gasteiger partial charge in [-0.2, -0.15) is 15.5 Å². The van der Waals surface area contributed by atoms with Crippen molar-refractivity contribution in [2.45, 2.75) is 18.5 Å². The van der Waals surface area contributed by atoms with Gasteiger partial charge in [-0.1, -0.05) is 0 Å². The number of likely N-dealkylation sites (tertiary alicyclic amines) is 1. The Bertz CT molecular complexity index is 211. The van der Waals surface area contributed by atoms with E-state index < -0.39 is 0 Å². The summed E-state index contributed by atoms with van der Waals surface area (Å²) in [6.45, 7) is 2.50. The SMILES string of the molecule is N#CCN1CCC2(CC1)N=N2. The first-order chi connectivity index (χ1) is 5.35. The molecule has 1 fully saturated rings. The predicted molar refractivity (Wildman–Crippen MR) is 38.9 cm³/mol. The van der Waals surface area contributed by atoms with E-state index in [0.717, 1.165) is 25.9 Å². The van der Waals surface area contributed by atoms with Crippen LogP contribution in [-0.4, -0.2) is 30.2 Å². The van der Waals surface area contributed by atoms with E-state index in [9.17, 15) is 0 Å². The topological polar surface area (TPSA) is 51.8 Å². The normalized spacial score (nSPS) is 26.8. The van der Waals surface area contributed by atoms with Gasteiger partial charge in [0.25, 0.3) is 0 Å². The first-order valence-corrected chi connectivity index (χ1v) is 3.88. The Morgan fingerprint density at radius 3 is 2.45 bits per heavy atom. The van der Waals surface area contributed by atoms with Crippen LogP contribution in [0.25, 0.3) is 0 Å². The van der Waals surface area contributed by atoms with Crippen LogP contribution in [0.2, 0.25) is 0 Å². The van der Waals surface area contributed by atoms with Crippen LogP contribution in [-0.2, 0) is 0 Å². The highest BCUT2D eigenvalue weighted by Crippen LogP contribution is 2.38. The van der Waals surface area contributed by atoms with Crippen molar-refractivity contribution in [1.82, 2.24) is 4.90 Å². The summed E-state index contributed by atoms with van der Waals surface area (Å²) in [5, 5.41) is 16.4. The van der Waals surface area contributed by atoms with Gasteiger partial charge in [-0.05, 0) is 0 Å². The van der Waals surface area contributed by atoms with Crippen molar-refractivity contribution in [3.8, 4) is 6.07 Å². The second-order valence-corrected chi connectivity index (χ2v) is 3.12. The predicted octanol–water partition coefficient (Wildman–Crippen LogP) is 0.768. The van der Waals surface area contributed by atoms with E-state index in [-0.39, 0.29) is 5.66 Å². The summed E-state index contributed by atoms with van der Waals surface area (Å²) in [6.07, 6.45) is 2.02. The molecule has 4 nitrogen and oxygen atoms in total. The van der Waals surface area contributed by atoms with Gasteiger partial charge >= 0.3 is 0 Å². The molecule has 2 heterocycles. The van der Waals surface area contributed by atoms with E-state index in [1.54, 1.807) is 0 Å². The van der Waals surface area contributed by atoms with E-state index in [0.29, 0.717) is 6.54 Å². The lowest BCUT2D eigenvalue weighted by atomic mass is 10.0. The van der Waals surface area contributed by atoms with Crippen molar-refractivity contribution in [1.29, 1.82) is 5.26 Å². The van der Waals surface area contributed by atoms with Gasteiger partial charge in [0.05, 0.1) is 12.6 Å². The number of rotatable bonds is 1. The standard InChI is InChI=1S/C7H10N4/c8-3-6-11-4-1-7(2-5-11)9-10-7/h1-2,4-6H2. The fraction of sp³-hybridized carbons (Fsp3) is 0.857. The van der Waals surface area contributed by atoms with E-state index >= 15 is 0 Å². The summed E-state index contributed by atoms with van der Waals surface area (Å²) < 4.78 is 0. The van der Waals surface area contributed by atoms with Gasteiger partial charge in [0.2, 0.25) is 0 Å². The molecule has 0 aliphatic carbocycles. The summed E-state index contributed by atoms with van der Waals surface area (Å²) in [5.41, 5.74) is 0.00591. The Balaban J connectivity index is 1.81. The quantitative estimate of drug-likeness (QED) is 0.518. The number of nitriles is 1. The third-order valence-corrected chi connectivity index (χ3v) is 2.33. The zero-order chi connectivity index (χ0) is 7.73. The first-order valence-electron chi connectivity index (χ1n) is 3.88. The monoisotopic (exact) mass is 150 g/mol. The molecule has 4 heteroatoms. The van der Waals surface area contributed by atoms with Gasteiger partial charge in [0, 0.05) is 25.9 Å². The van der Waals surface area contributed by atoms with Crippen LogP contribution in [0.1, 0.15) is 12.8 Å². The number of nitrogens with zero attached hydrogens (tertiary/aromatic N) is 4. The highest BCUT2D eigenvalue weighted by molar-refractivity contribution is 4.98. The molecule has 1 spiro atoms. The molecule has 0 N–H and O–H groups in total. The van der Waals surface area contributed by atoms with Crippen LogP contribution in [0.4, 0.5) is 0 Å². The van der Waals surface area contributed by atoms with Gasteiger partial charge < -0.3 is 0 Å². The van der Waals surface area contributed by atoms with Crippen LogP contribution in [0.5, 0.6) is 0 Å². The largest absolute Gasteiger partial charge is 0.290 e. The molecule has 0 aromatic rings. The van der Waals surface area contributed by atoms with E-state index in [2.05, 4.69) is 21.2 Å². The average molecular weight is 150 g/mol. The fourth-order valence-corrected chi connectivity index (χ4v) is 1.44. The minimum Gasteiger partial charge on any atom is -0.290 e. The second-order valence-electron chi connectivity index (χ2n) is 3.12. The van der Waals surface area contributed by atoms with Crippen molar-refractivity contribution in [3.05, 3.63) is 0 Å². The Hall–Kier alpha value is -0.950. The molecule has 2 aliphatic rings. The fourth-order valence-electron chi connectivity index (χ4n) is 1.44. The van der Waals surface area contributed by atoms with E-state index in [1.165, 1.54) is 0 Å². The summed E-state index contributed by atoms with van der Waals surface area (Å²) in [6, 6.07) is 2.15. The van der Waals surface area contributed by atoms with Gasteiger partial charge in [-0.15, -0.1) is 0 Å². The van der Waals surface area contributed by atoms with Gasteiger partial charge in [0.15, 0.2) is 5.66 Å². The Kier molecular flexibility index (Phi) is 1.40.